The minimum absolute atomic E-state index is 0.132. The highest BCUT2D eigenvalue weighted by atomic mass is 32.1. The number of anilines is 1. The molecule has 1 amide bonds. The van der Waals surface area contributed by atoms with Crippen LogP contribution in [0.2, 0.25) is 0 Å². The second-order valence-electron chi connectivity index (χ2n) is 6.68. The Morgan fingerprint density at radius 2 is 2.10 bits per heavy atom. The first-order chi connectivity index (χ1) is 14.4. The minimum Gasteiger partial charge on any atom is -0.496 e. The Hall–Kier alpha value is -3.46. The normalized spacial score (nSPS) is 10.9. The van der Waals surface area contributed by atoms with Crippen LogP contribution in [0.3, 0.4) is 0 Å². The predicted octanol–water partition coefficient (Wildman–Crippen LogP) is 4.90. The van der Waals surface area contributed by atoms with E-state index in [4.69, 9.17) is 9.47 Å². The van der Waals surface area contributed by atoms with E-state index in [1.807, 2.05) is 31.4 Å². The van der Waals surface area contributed by atoms with Gasteiger partial charge < -0.3 is 9.47 Å². The zero-order chi connectivity index (χ0) is 21.3. The van der Waals surface area contributed by atoms with Gasteiger partial charge in [-0.15, -0.1) is 0 Å². The third kappa shape index (κ3) is 4.11. The van der Waals surface area contributed by atoms with Crippen molar-refractivity contribution in [2.45, 2.75) is 13.5 Å². The van der Waals surface area contributed by atoms with Crippen molar-refractivity contribution in [3.63, 3.8) is 0 Å². The molecule has 4 aromatic rings. The number of thiazole rings is 1. The summed E-state index contributed by atoms with van der Waals surface area (Å²) in [4.78, 5) is 16.7. The Morgan fingerprint density at radius 3 is 2.90 bits per heavy atom. The van der Waals surface area contributed by atoms with Crippen molar-refractivity contribution >= 4 is 33.3 Å². The lowest BCUT2D eigenvalue weighted by molar-refractivity contribution is 0.155. The number of nitrogens with zero attached hydrogens (tertiary/aromatic N) is 3. The molecule has 30 heavy (non-hydrogen) atoms. The van der Waals surface area contributed by atoms with Crippen LogP contribution in [-0.2, 0) is 18.4 Å². The van der Waals surface area contributed by atoms with Gasteiger partial charge in [-0.05, 0) is 36.8 Å². The van der Waals surface area contributed by atoms with Gasteiger partial charge in [0.15, 0.2) is 0 Å². The molecule has 0 radical (unpaired) electrons. The van der Waals surface area contributed by atoms with Gasteiger partial charge in [-0.2, -0.15) is 5.10 Å². The molecule has 2 heterocycles. The lowest BCUT2D eigenvalue weighted by atomic mass is 10.2. The average molecular weight is 426 g/mol. The van der Waals surface area contributed by atoms with Gasteiger partial charge >= 0.3 is 6.09 Å². The molecule has 0 unspecified atom stereocenters. The molecule has 0 aliphatic rings. The number of fused-ring (bicyclic) bond motifs is 1. The maximum absolute atomic E-state index is 13.4. The van der Waals surface area contributed by atoms with Gasteiger partial charge in [0.2, 0.25) is 0 Å². The molecular formula is C21H19FN4O3S. The zero-order valence-corrected chi connectivity index (χ0v) is 17.4. The van der Waals surface area contributed by atoms with Gasteiger partial charge in [0.1, 0.15) is 28.2 Å². The van der Waals surface area contributed by atoms with Crippen LogP contribution < -0.4 is 10.1 Å². The van der Waals surface area contributed by atoms with Crippen molar-refractivity contribution in [2.24, 2.45) is 7.05 Å². The maximum atomic E-state index is 13.4. The number of carbonyl (C=O) groups is 1. The minimum atomic E-state index is -0.578. The molecule has 0 bridgehead atoms. The number of halogens is 1. The summed E-state index contributed by atoms with van der Waals surface area (Å²) in [6.07, 6.45) is 1.33. The largest absolute Gasteiger partial charge is 0.496 e. The van der Waals surface area contributed by atoms with Crippen LogP contribution in [0.25, 0.3) is 21.5 Å². The number of rotatable bonds is 5. The van der Waals surface area contributed by atoms with Crippen LogP contribution in [0.4, 0.5) is 14.2 Å². The molecule has 2 aromatic heterocycles. The molecule has 2 aromatic carbocycles. The molecule has 154 valence electrons. The smallest absolute Gasteiger partial charge is 0.412 e. The summed E-state index contributed by atoms with van der Waals surface area (Å²) in [7, 11) is 3.33. The summed E-state index contributed by atoms with van der Waals surface area (Å²) in [5.41, 5.74) is 3.03. The summed E-state index contributed by atoms with van der Waals surface area (Å²) in [5, 5.41) is 9.20. The number of methoxy groups -OCH3 is 1. The number of aryl methyl sites for hydroxylation is 2. The van der Waals surface area contributed by atoms with Crippen molar-refractivity contribution in [1.29, 1.82) is 0 Å². The zero-order valence-electron chi connectivity index (χ0n) is 16.6. The summed E-state index contributed by atoms with van der Waals surface area (Å²) in [5.74, 6) is -0.0149. The highest BCUT2D eigenvalue weighted by Crippen LogP contribution is 2.37. The first kappa shape index (κ1) is 19.8. The molecule has 0 atom stereocenters. The van der Waals surface area contributed by atoms with Crippen molar-refractivity contribution in [2.75, 3.05) is 12.4 Å². The fourth-order valence-electron chi connectivity index (χ4n) is 3.04. The predicted molar refractivity (Wildman–Crippen MR) is 113 cm³/mol. The standard InChI is InChI=1S/C21H19FN4O3S/c1-12-19(30-20(23-12)16-6-5-15(22)9-18(16)28-3)24-21(27)29-11-13-4-7-17-14(8-13)10-26(2)25-17/h4-10H,11H2,1-3H3,(H,24,27). The number of hydrogen-bond acceptors (Lipinski definition) is 6. The highest BCUT2D eigenvalue weighted by molar-refractivity contribution is 7.19. The van der Waals surface area contributed by atoms with Gasteiger partial charge in [0, 0.05) is 24.7 Å². The van der Waals surface area contributed by atoms with E-state index in [2.05, 4.69) is 15.4 Å². The van der Waals surface area contributed by atoms with E-state index in [0.29, 0.717) is 27.0 Å². The Bertz CT molecular complexity index is 1230. The van der Waals surface area contributed by atoms with Gasteiger partial charge in [-0.25, -0.2) is 14.2 Å². The second kappa shape index (κ2) is 8.11. The van der Waals surface area contributed by atoms with Crippen molar-refractivity contribution in [3.05, 3.63) is 59.7 Å². The number of benzene rings is 2. The summed E-state index contributed by atoms with van der Waals surface area (Å²) in [6, 6.07) is 9.94. The highest BCUT2D eigenvalue weighted by Gasteiger charge is 2.16. The molecule has 0 fully saturated rings. The van der Waals surface area contributed by atoms with Crippen LogP contribution >= 0.6 is 11.3 Å². The molecule has 0 aliphatic carbocycles. The quantitative estimate of drug-likeness (QED) is 0.491. The third-order valence-corrected chi connectivity index (χ3v) is 5.57. The topological polar surface area (TPSA) is 78.3 Å². The fourth-order valence-corrected chi connectivity index (χ4v) is 4.02. The Balaban J connectivity index is 1.44. The van der Waals surface area contributed by atoms with Gasteiger partial charge in [0.25, 0.3) is 0 Å². The molecule has 4 rings (SSSR count). The van der Waals surface area contributed by atoms with E-state index in [0.717, 1.165) is 16.5 Å². The van der Waals surface area contributed by atoms with Crippen LogP contribution in [-0.4, -0.2) is 28.0 Å². The molecule has 0 saturated heterocycles. The van der Waals surface area contributed by atoms with Gasteiger partial charge in [-0.3, -0.25) is 10.00 Å². The molecule has 0 spiro atoms. The summed E-state index contributed by atoms with van der Waals surface area (Å²) in [6.45, 7) is 1.91. The van der Waals surface area contributed by atoms with Gasteiger partial charge in [-0.1, -0.05) is 17.4 Å². The van der Waals surface area contributed by atoms with Gasteiger partial charge in [0.05, 0.1) is 23.9 Å². The molecule has 0 saturated carbocycles. The Morgan fingerprint density at radius 1 is 1.27 bits per heavy atom. The second-order valence-corrected chi connectivity index (χ2v) is 7.67. The van der Waals surface area contributed by atoms with Crippen molar-refractivity contribution < 1.29 is 18.7 Å². The van der Waals surface area contributed by atoms with E-state index in [-0.39, 0.29) is 6.61 Å². The number of amides is 1. The molecule has 1 N–H and O–H groups in total. The lowest BCUT2D eigenvalue weighted by Crippen LogP contribution is -2.13. The molecule has 0 aliphatic heterocycles. The number of hydrogen-bond donors (Lipinski definition) is 1. The number of ether oxygens (including phenoxy) is 2. The Labute approximate surface area is 176 Å². The molecular weight excluding hydrogens is 407 g/mol. The van der Waals surface area contributed by atoms with Crippen LogP contribution in [0.15, 0.2) is 42.6 Å². The third-order valence-electron chi connectivity index (χ3n) is 4.46. The fraction of sp³-hybridized carbons (Fsp3) is 0.190. The van der Waals surface area contributed by atoms with Crippen LogP contribution in [0.1, 0.15) is 11.3 Å². The number of aromatic nitrogens is 3. The van der Waals surface area contributed by atoms with E-state index in [9.17, 15) is 9.18 Å². The van der Waals surface area contributed by atoms with E-state index in [1.54, 1.807) is 17.7 Å². The first-order valence-electron chi connectivity index (χ1n) is 9.10. The van der Waals surface area contributed by atoms with E-state index in [1.165, 1.54) is 30.6 Å². The van der Waals surface area contributed by atoms with Crippen molar-refractivity contribution in [3.8, 4) is 16.3 Å². The SMILES string of the molecule is COc1cc(F)ccc1-c1nc(C)c(NC(=O)OCc2ccc3nn(C)cc3c2)s1. The van der Waals surface area contributed by atoms with Crippen molar-refractivity contribution in [1.82, 2.24) is 14.8 Å². The number of nitrogens with one attached hydrogen (secondary N) is 1. The Kier molecular flexibility index (Phi) is 5.37. The molecule has 7 nitrogen and oxygen atoms in total. The summed E-state index contributed by atoms with van der Waals surface area (Å²) >= 11 is 1.27. The number of carbonyl (C=O) groups excluding carboxylic acids is 1. The van der Waals surface area contributed by atoms with E-state index >= 15 is 0 Å². The van der Waals surface area contributed by atoms with E-state index < -0.39 is 11.9 Å². The first-order valence-corrected chi connectivity index (χ1v) is 9.92. The summed E-state index contributed by atoms with van der Waals surface area (Å²) < 4.78 is 25.8. The van der Waals surface area contributed by atoms with Crippen LogP contribution in [0.5, 0.6) is 5.75 Å². The molecule has 9 heteroatoms. The average Bonchev–Trinajstić information content (AvgIpc) is 3.27. The lowest BCUT2D eigenvalue weighted by Gasteiger charge is -2.06. The van der Waals surface area contributed by atoms with Crippen LogP contribution in [0, 0.1) is 12.7 Å². The maximum Gasteiger partial charge on any atom is 0.412 e. The monoisotopic (exact) mass is 426 g/mol.